The summed E-state index contributed by atoms with van der Waals surface area (Å²) in [5, 5.41) is 15.7. The van der Waals surface area contributed by atoms with E-state index in [9.17, 15) is 9.59 Å². The van der Waals surface area contributed by atoms with Crippen molar-refractivity contribution in [3.63, 3.8) is 0 Å². The number of carbonyl (C=O) groups excluding carboxylic acids is 2. The molecule has 1 fully saturated rings. The van der Waals surface area contributed by atoms with Gasteiger partial charge in [0.2, 0.25) is 5.91 Å². The van der Waals surface area contributed by atoms with E-state index in [2.05, 4.69) is 16.3 Å². The molecule has 0 bridgehead atoms. The predicted molar refractivity (Wildman–Crippen MR) is 91.5 cm³/mol. The molecule has 2 amide bonds. The molecule has 1 aromatic carbocycles. The van der Waals surface area contributed by atoms with Crippen LogP contribution >= 0.6 is 0 Å². The van der Waals surface area contributed by atoms with Gasteiger partial charge in [-0.1, -0.05) is 12.1 Å². The van der Waals surface area contributed by atoms with Gasteiger partial charge < -0.3 is 9.80 Å². The van der Waals surface area contributed by atoms with E-state index in [1.54, 1.807) is 41.1 Å². The second-order valence-electron chi connectivity index (χ2n) is 6.00. The molecule has 2 heterocycles. The number of nitrogens with zero attached hydrogens (tertiary/aromatic N) is 4. The lowest BCUT2D eigenvalue weighted by Crippen LogP contribution is -2.36. The average Bonchev–Trinajstić information content (AvgIpc) is 2.97. The molecular formula is C18H19N5O2. The van der Waals surface area contributed by atoms with Crippen LogP contribution in [0.2, 0.25) is 0 Å². The standard InChI is InChI=1S/C18H19N5O2/c1-13(24)22-6-3-7-23(9-8-22)18(25)15-5-2-4-14(10-15)16-12-20-21-17(16)11-19/h2,4-5,10,12H,3,6-9H2,1H3,(H,20,21). The maximum atomic E-state index is 12.8. The second kappa shape index (κ2) is 7.18. The molecule has 0 spiro atoms. The third-order valence-electron chi connectivity index (χ3n) is 4.40. The van der Waals surface area contributed by atoms with Crippen molar-refractivity contribution in [2.24, 2.45) is 0 Å². The topological polar surface area (TPSA) is 93.1 Å². The van der Waals surface area contributed by atoms with Gasteiger partial charge in [0.1, 0.15) is 11.8 Å². The minimum atomic E-state index is -0.0609. The molecule has 3 rings (SSSR count). The molecule has 7 heteroatoms. The summed E-state index contributed by atoms with van der Waals surface area (Å²) in [6, 6.07) is 9.26. The maximum Gasteiger partial charge on any atom is 0.253 e. The molecule has 1 aliphatic rings. The Bertz CT molecular complexity index is 836. The van der Waals surface area contributed by atoms with Crippen molar-refractivity contribution in [1.29, 1.82) is 5.26 Å². The van der Waals surface area contributed by atoms with Crippen LogP contribution < -0.4 is 0 Å². The molecule has 0 saturated carbocycles. The summed E-state index contributed by atoms with van der Waals surface area (Å²) in [5.41, 5.74) is 2.39. The van der Waals surface area contributed by atoms with Crippen molar-refractivity contribution >= 4 is 11.8 Å². The van der Waals surface area contributed by atoms with Crippen molar-refractivity contribution in [2.45, 2.75) is 13.3 Å². The van der Waals surface area contributed by atoms with Crippen LogP contribution in [0.25, 0.3) is 11.1 Å². The van der Waals surface area contributed by atoms with Crippen LogP contribution in [-0.2, 0) is 4.79 Å². The van der Waals surface area contributed by atoms with Crippen LogP contribution in [0.5, 0.6) is 0 Å². The van der Waals surface area contributed by atoms with E-state index in [1.807, 2.05) is 6.07 Å². The van der Waals surface area contributed by atoms with Crippen LogP contribution in [-0.4, -0.2) is 58.0 Å². The number of benzene rings is 1. The monoisotopic (exact) mass is 337 g/mol. The van der Waals surface area contributed by atoms with Crippen LogP contribution in [0.1, 0.15) is 29.4 Å². The number of nitriles is 1. The highest BCUT2D eigenvalue weighted by Gasteiger charge is 2.21. The van der Waals surface area contributed by atoms with Crippen molar-refractivity contribution in [2.75, 3.05) is 26.2 Å². The Morgan fingerprint density at radius 2 is 1.96 bits per heavy atom. The number of aromatic nitrogens is 2. The predicted octanol–water partition coefficient (Wildman–Crippen LogP) is 1.64. The molecule has 25 heavy (non-hydrogen) atoms. The summed E-state index contributed by atoms with van der Waals surface area (Å²) in [5.74, 6) is -0.0189. The molecule has 0 unspecified atom stereocenters. The van der Waals surface area contributed by atoms with Gasteiger partial charge in [-0.15, -0.1) is 0 Å². The van der Waals surface area contributed by atoms with Gasteiger partial charge in [-0.05, 0) is 24.1 Å². The Kier molecular flexibility index (Phi) is 4.80. The van der Waals surface area contributed by atoms with Crippen molar-refractivity contribution < 1.29 is 9.59 Å². The van der Waals surface area contributed by atoms with E-state index in [-0.39, 0.29) is 11.8 Å². The average molecular weight is 337 g/mol. The number of carbonyl (C=O) groups is 2. The first-order valence-corrected chi connectivity index (χ1v) is 8.19. The number of nitrogens with one attached hydrogen (secondary N) is 1. The number of hydrogen-bond donors (Lipinski definition) is 1. The van der Waals surface area contributed by atoms with Crippen LogP contribution in [0, 0.1) is 11.3 Å². The van der Waals surface area contributed by atoms with Gasteiger partial charge in [0.25, 0.3) is 5.91 Å². The number of aromatic amines is 1. The van der Waals surface area contributed by atoms with E-state index in [0.717, 1.165) is 12.0 Å². The quantitative estimate of drug-likeness (QED) is 0.901. The third-order valence-corrected chi connectivity index (χ3v) is 4.40. The Morgan fingerprint density at radius 3 is 2.72 bits per heavy atom. The zero-order chi connectivity index (χ0) is 17.8. The van der Waals surface area contributed by atoms with Gasteiger partial charge in [-0.25, -0.2) is 0 Å². The fourth-order valence-corrected chi connectivity index (χ4v) is 3.03. The summed E-state index contributed by atoms with van der Waals surface area (Å²) in [6.07, 6.45) is 2.35. The minimum Gasteiger partial charge on any atom is -0.341 e. The Hall–Kier alpha value is -3.14. The van der Waals surface area contributed by atoms with E-state index in [4.69, 9.17) is 5.26 Å². The highest BCUT2D eigenvalue weighted by Crippen LogP contribution is 2.23. The molecule has 0 atom stereocenters. The number of H-pyrrole nitrogens is 1. The molecule has 1 saturated heterocycles. The molecular weight excluding hydrogens is 318 g/mol. The van der Waals surface area contributed by atoms with Gasteiger partial charge in [-0.3, -0.25) is 14.7 Å². The zero-order valence-corrected chi connectivity index (χ0v) is 14.0. The Morgan fingerprint density at radius 1 is 1.20 bits per heavy atom. The van der Waals surface area contributed by atoms with E-state index in [1.165, 1.54) is 0 Å². The summed E-state index contributed by atoms with van der Waals surface area (Å²) >= 11 is 0. The first kappa shape index (κ1) is 16.7. The first-order valence-electron chi connectivity index (χ1n) is 8.19. The van der Waals surface area contributed by atoms with Crippen molar-refractivity contribution in [1.82, 2.24) is 20.0 Å². The zero-order valence-electron chi connectivity index (χ0n) is 14.0. The molecule has 0 radical (unpaired) electrons. The summed E-state index contributed by atoms with van der Waals surface area (Å²) in [7, 11) is 0. The smallest absolute Gasteiger partial charge is 0.253 e. The molecule has 1 aromatic heterocycles. The lowest BCUT2D eigenvalue weighted by atomic mass is 10.0. The SMILES string of the molecule is CC(=O)N1CCCN(C(=O)c2cccc(-c3cn[nH]c3C#N)c2)CC1. The van der Waals surface area contributed by atoms with Crippen LogP contribution in [0.3, 0.4) is 0 Å². The molecule has 2 aromatic rings. The third kappa shape index (κ3) is 3.53. The maximum absolute atomic E-state index is 12.8. The summed E-state index contributed by atoms with van der Waals surface area (Å²) < 4.78 is 0. The van der Waals surface area contributed by atoms with Crippen LogP contribution in [0.4, 0.5) is 0 Å². The normalized spacial score (nSPS) is 14.7. The number of amides is 2. The van der Waals surface area contributed by atoms with E-state index >= 15 is 0 Å². The van der Waals surface area contributed by atoms with Gasteiger partial charge in [0, 0.05) is 44.2 Å². The lowest BCUT2D eigenvalue weighted by molar-refractivity contribution is -0.128. The highest BCUT2D eigenvalue weighted by atomic mass is 16.2. The highest BCUT2D eigenvalue weighted by molar-refractivity contribution is 5.95. The van der Waals surface area contributed by atoms with Gasteiger partial charge >= 0.3 is 0 Å². The fourth-order valence-electron chi connectivity index (χ4n) is 3.03. The fraction of sp³-hybridized carbons (Fsp3) is 0.333. The lowest BCUT2D eigenvalue weighted by Gasteiger charge is -2.21. The van der Waals surface area contributed by atoms with Crippen molar-refractivity contribution in [3.8, 4) is 17.2 Å². The van der Waals surface area contributed by atoms with Crippen molar-refractivity contribution in [3.05, 3.63) is 41.7 Å². The van der Waals surface area contributed by atoms with Crippen LogP contribution in [0.15, 0.2) is 30.5 Å². The molecule has 7 nitrogen and oxygen atoms in total. The Labute approximate surface area is 145 Å². The summed E-state index contributed by atoms with van der Waals surface area (Å²) in [4.78, 5) is 27.9. The van der Waals surface area contributed by atoms with Gasteiger partial charge in [-0.2, -0.15) is 10.4 Å². The largest absolute Gasteiger partial charge is 0.341 e. The minimum absolute atomic E-state index is 0.0419. The molecule has 0 aliphatic carbocycles. The summed E-state index contributed by atoms with van der Waals surface area (Å²) in [6.45, 7) is 3.94. The van der Waals surface area contributed by atoms with E-state index < -0.39 is 0 Å². The Balaban J connectivity index is 1.80. The second-order valence-corrected chi connectivity index (χ2v) is 6.00. The van der Waals surface area contributed by atoms with Gasteiger partial charge in [0.15, 0.2) is 0 Å². The first-order chi connectivity index (χ1) is 12.1. The number of hydrogen-bond acceptors (Lipinski definition) is 4. The molecule has 1 aliphatic heterocycles. The molecule has 128 valence electrons. The van der Waals surface area contributed by atoms with E-state index in [0.29, 0.717) is 43.0 Å². The van der Waals surface area contributed by atoms with Gasteiger partial charge in [0.05, 0.1) is 6.20 Å². The number of rotatable bonds is 2. The molecule has 1 N–H and O–H groups in total.